The average Bonchev–Trinajstić information content (AvgIpc) is 3.55. The van der Waals surface area contributed by atoms with Gasteiger partial charge in [0.05, 0.1) is 0 Å². The molecule has 0 nitrogen and oxygen atoms in total. The van der Waals surface area contributed by atoms with E-state index in [4.69, 9.17) is 0 Å². The van der Waals surface area contributed by atoms with Gasteiger partial charge < -0.3 is 0 Å². The zero-order valence-electron chi connectivity index (χ0n) is 21.0. The lowest BCUT2D eigenvalue weighted by molar-refractivity contribution is 0.520. The molecule has 0 amide bonds. The Bertz CT molecular complexity index is 1510. The predicted molar refractivity (Wildman–Crippen MR) is 159 cm³/mol. The van der Waals surface area contributed by atoms with Gasteiger partial charge in [0.1, 0.15) is 0 Å². The summed E-state index contributed by atoms with van der Waals surface area (Å²) >= 11 is 0. The highest BCUT2D eigenvalue weighted by Gasteiger charge is 2.53. The summed E-state index contributed by atoms with van der Waals surface area (Å²) in [4.78, 5) is 0. The molecule has 5 aromatic rings. The maximum Gasteiger partial charge on any atom is 0.0210 e. The molecule has 0 radical (unpaired) electrons. The van der Waals surface area contributed by atoms with Crippen molar-refractivity contribution < 1.29 is 0 Å². The molecule has 2 aliphatic rings. The standard InChI is InChI=1S/C36H29P/c1-36(34-25-24-26-14-8-9-19-29(26)34,37(27-15-4-2-5-16-27)28-17-6-3-7-18-28)35-32-22-12-10-20-30(32)31-21-11-13-23-33(31)35/h2-25,34-35H,1H3. The van der Waals surface area contributed by atoms with Gasteiger partial charge in [-0.05, 0) is 51.9 Å². The summed E-state index contributed by atoms with van der Waals surface area (Å²) in [5.41, 5.74) is 8.51. The normalized spacial score (nSPS) is 17.3. The maximum atomic E-state index is 2.58. The molecule has 2 unspecified atom stereocenters. The second-order valence-electron chi connectivity index (χ2n) is 10.3. The predicted octanol–water partition coefficient (Wildman–Crippen LogP) is 8.50. The number of fused-ring (bicyclic) bond motifs is 4. The third-order valence-electron chi connectivity index (χ3n) is 8.36. The van der Waals surface area contributed by atoms with Crippen LogP contribution < -0.4 is 10.6 Å². The van der Waals surface area contributed by atoms with Crippen molar-refractivity contribution in [2.45, 2.75) is 23.9 Å². The summed E-state index contributed by atoms with van der Waals surface area (Å²) in [6.07, 6.45) is 4.85. The van der Waals surface area contributed by atoms with Crippen LogP contribution in [0, 0.1) is 0 Å². The molecule has 5 aromatic carbocycles. The topological polar surface area (TPSA) is 0 Å². The van der Waals surface area contributed by atoms with E-state index in [1.165, 1.54) is 44.0 Å². The molecule has 0 spiro atoms. The van der Waals surface area contributed by atoms with E-state index in [0.717, 1.165) is 0 Å². The minimum Gasteiger partial charge on any atom is -0.0754 e. The Balaban J connectivity index is 1.56. The lowest BCUT2D eigenvalue weighted by Crippen LogP contribution is -2.42. The van der Waals surface area contributed by atoms with Crippen LogP contribution in [0.25, 0.3) is 17.2 Å². The highest BCUT2D eigenvalue weighted by molar-refractivity contribution is 7.74. The molecular formula is C36H29P. The lowest BCUT2D eigenvalue weighted by Gasteiger charge is -2.48. The van der Waals surface area contributed by atoms with Gasteiger partial charge in [0.15, 0.2) is 0 Å². The molecule has 37 heavy (non-hydrogen) atoms. The molecule has 7 rings (SSSR count). The third kappa shape index (κ3) is 3.47. The molecule has 0 bridgehead atoms. The van der Waals surface area contributed by atoms with Gasteiger partial charge in [0, 0.05) is 17.0 Å². The van der Waals surface area contributed by atoms with Gasteiger partial charge in [0.25, 0.3) is 0 Å². The van der Waals surface area contributed by atoms with E-state index in [9.17, 15) is 0 Å². The average molecular weight is 493 g/mol. The van der Waals surface area contributed by atoms with Crippen molar-refractivity contribution >= 4 is 24.6 Å². The molecule has 1 heteroatoms. The summed E-state index contributed by atoms with van der Waals surface area (Å²) in [6, 6.07) is 49.8. The van der Waals surface area contributed by atoms with Crippen LogP contribution in [0.4, 0.5) is 0 Å². The molecule has 0 fully saturated rings. The van der Waals surface area contributed by atoms with Crippen LogP contribution in [0.15, 0.2) is 140 Å². The fourth-order valence-electron chi connectivity index (χ4n) is 6.85. The third-order valence-corrected chi connectivity index (χ3v) is 11.5. The Hall–Kier alpha value is -3.73. The highest BCUT2D eigenvalue weighted by Crippen LogP contribution is 2.67. The molecule has 0 heterocycles. The first-order valence-electron chi connectivity index (χ1n) is 13.1. The van der Waals surface area contributed by atoms with Crippen LogP contribution in [0.3, 0.4) is 0 Å². The molecular weight excluding hydrogens is 463 g/mol. The summed E-state index contributed by atoms with van der Waals surface area (Å²) in [5.74, 6) is 0.562. The molecule has 2 aliphatic carbocycles. The van der Waals surface area contributed by atoms with E-state index >= 15 is 0 Å². The van der Waals surface area contributed by atoms with Gasteiger partial charge in [-0.3, -0.25) is 0 Å². The zero-order valence-corrected chi connectivity index (χ0v) is 21.9. The van der Waals surface area contributed by atoms with E-state index < -0.39 is 7.92 Å². The minimum atomic E-state index is -0.743. The molecule has 0 saturated carbocycles. The van der Waals surface area contributed by atoms with Crippen molar-refractivity contribution in [2.24, 2.45) is 0 Å². The number of hydrogen-bond donors (Lipinski definition) is 0. The number of rotatable bonds is 5. The van der Waals surface area contributed by atoms with Crippen LogP contribution in [0.2, 0.25) is 0 Å². The van der Waals surface area contributed by atoms with Crippen molar-refractivity contribution in [1.82, 2.24) is 0 Å². The molecule has 0 aliphatic heterocycles. The quantitative estimate of drug-likeness (QED) is 0.216. The lowest BCUT2D eigenvalue weighted by atomic mass is 9.75. The van der Waals surface area contributed by atoms with Crippen molar-refractivity contribution in [1.29, 1.82) is 0 Å². The fraction of sp³-hybridized carbons (Fsp3) is 0.111. The van der Waals surface area contributed by atoms with E-state index in [2.05, 4.69) is 153 Å². The van der Waals surface area contributed by atoms with Gasteiger partial charge >= 0.3 is 0 Å². The molecule has 0 aromatic heterocycles. The number of benzene rings is 5. The van der Waals surface area contributed by atoms with E-state index in [1.54, 1.807) is 0 Å². The Morgan fingerprint density at radius 2 is 0.973 bits per heavy atom. The van der Waals surface area contributed by atoms with Crippen molar-refractivity contribution in [3.05, 3.63) is 162 Å². The van der Waals surface area contributed by atoms with E-state index in [-0.39, 0.29) is 11.1 Å². The fourth-order valence-corrected chi connectivity index (χ4v) is 10.2. The van der Waals surface area contributed by atoms with Crippen LogP contribution in [-0.4, -0.2) is 5.16 Å². The smallest absolute Gasteiger partial charge is 0.0210 e. The van der Waals surface area contributed by atoms with Gasteiger partial charge in [-0.15, -0.1) is 0 Å². The first-order chi connectivity index (χ1) is 18.3. The Kier molecular flexibility index (Phi) is 5.45. The molecule has 0 N–H and O–H groups in total. The second-order valence-corrected chi connectivity index (χ2v) is 13.0. The van der Waals surface area contributed by atoms with Gasteiger partial charge in [-0.25, -0.2) is 0 Å². The Morgan fingerprint density at radius 3 is 1.54 bits per heavy atom. The first kappa shape index (κ1) is 22.5. The van der Waals surface area contributed by atoms with Crippen LogP contribution in [0.1, 0.15) is 41.0 Å². The number of allylic oxidation sites excluding steroid dienone is 1. The summed E-state index contributed by atoms with van der Waals surface area (Å²) in [6.45, 7) is 2.58. The van der Waals surface area contributed by atoms with Crippen molar-refractivity contribution in [2.75, 3.05) is 0 Å². The van der Waals surface area contributed by atoms with Crippen LogP contribution in [-0.2, 0) is 0 Å². The largest absolute Gasteiger partial charge is 0.0754 e. The van der Waals surface area contributed by atoms with E-state index in [0.29, 0.717) is 5.92 Å². The SMILES string of the molecule is CC(C1C=Cc2ccccc21)(C1c2ccccc2-c2ccccc21)P(c1ccccc1)c1ccccc1. The second kappa shape index (κ2) is 8.98. The Morgan fingerprint density at radius 1 is 0.514 bits per heavy atom. The van der Waals surface area contributed by atoms with Crippen LogP contribution >= 0.6 is 7.92 Å². The van der Waals surface area contributed by atoms with Gasteiger partial charge in [-0.1, -0.05) is 153 Å². The highest BCUT2D eigenvalue weighted by atomic mass is 31.1. The summed E-state index contributed by atoms with van der Waals surface area (Å²) in [7, 11) is -0.743. The Labute approximate surface area is 221 Å². The summed E-state index contributed by atoms with van der Waals surface area (Å²) < 4.78 is 0. The summed E-state index contributed by atoms with van der Waals surface area (Å²) in [5, 5.41) is 2.76. The van der Waals surface area contributed by atoms with Crippen molar-refractivity contribution in [3.63, 3.8) is 0 Å². The van der Waals surface area contributed by atoms with Gasteiger partial charge in [0.2, 0.25) is 0 Å². The number of hydrogen-bond acceptors (Lipinski definition) is 0. The monoisotopic (exact) mass is 492 g/mol. The maximum absolute atomic E-state index is 2.58. The van der Waals surface area contributed by atoms with E-state index in [1.807, 2.05) is 0 Å². The molecule has 0 saturated heterocycles. The minimum absolute atomic E-state index is 0.107. The zero-order chi connectivity index (χ0) is 24.8. The first-order valence-corrected chi connectivity index (χ1v) is 14.5. The van der Waals surface area contributed by atoms with Crippen molar-refractivity contribution in [3.8, 4) is 11.1 Å². The molecule has 2 atom stereocenters. The molecule has 178 valence electrons. The van der Waals surface area contributed by atoms with Crippen LogP contribution in [0.5, 0.6) is 0 Å². The van der Waals surface area contributed by atoms with Gasteiger partial charge in [-0.2, -0.15) is 0 Å².